The summed E-state index contributed by atoms with van der Waals surface area (Å²) >= 11 is 1.79. The van der Waals surface area contributed by atoms with Crippen molar-refractivity contribution in [2.45, 2.75) is 26.4 Å². The fourth-order valence-electron chi connectivity index (χ4n) is 2.56. The van der Waals surface area contributed by atoms with E-state index in [1.807, 2.05) is 6.07 Å². The second kappa shape index (κ2) is 6.66. The topological polar surface area (TPSA) is 49.0 Å². The molecule has 0 saturated carbocycles. The number of hydrogen-bond acceptors (Lipinski definition) is 5. The van der Waals surface area contributed by atoms with Crippen LogP contribution in [0.25, 0.3) is 10.6 Å². The SMILES string of the molecule is Cc1nc(-c2ccccc2)sc1CNCC1CNNC1C. The molecule has 1 aliphatic rings. The van der Waals surface area contributed by atoms with Crippen molar-refractivity contribution in [3.05, 3.63) is 40.9 Å². The lowest BCUT2D eigenvalue weighted by Crippen LogP contribution is -2.32. The summed E-state index contributed by atoms with van der Waals surface area (Å²) in [5.41, 5.74) is 8.81. The molecule has 0 spiro atoms. The molecule has 1 aromatic heterocycles. The van der Waals surface area contributed by atoms with Crippen molar-refractivity contribution in [3.8, 4) is 10.6 Å². The first kappa shape index (κ1) is 14.7. The van der Waals surface area contributed by atoms with E-state index < -0.39 is 0 Å². The van der Waals surface area contributed by atoms with Gasteiger partial charge in [0, 0.05) is 42.0 Å². The van der Waals surface area contributed by atoms with E-state index in [2.05, 4.69) is 54.3 Å². The van der Waals surface area contributed by atoms with Crippen LogP contribution in [0.15, 0.2) is 30.3 Å². The number of nitrogens with one attached hydrogen (secondary N) is 3. The molecule has 2 aromatic rings. The van der Waals surface area contributed by atoms with Gasteiger partial charge in [-0.05, 0) is 13.8 Å². The molecule has 0 aliphatic carbocycles. The largest absolute Gasteiger partial charge is 0.311 e. The van der Waals surface area contributed by atoms with Gasteiger partial charge in [0.2, 0.25) is 0 Å². The first-order chi connectivity index (χ1) is 10.2. The number of rotatable bonds is 5. The molecule has 1 aliphatic heterocycles. The molecule has 2 heterocycles. The fourth-order valence-corrected chi connectivity index (χ4v) is 3.60. The average molecular weight is 302 g/mol. The van der Waals surface area contributed by atoms with Crippen molar-refractivity contribution in [1.29, 1.82) is 0 Å². The van der Waals surface area contributed by atoms with E-state index in [0.717, 1.165) is 30.3 Å². The minimum Gasteiger partial charge on any atom is -0.311 e. The fraction of sp³-hybridized carbons (Fsp3) is 0.438. The maximum absolute atomic E-state index is 4.70. The van der Waals surface area contributed by atoms with Crippen LogP contribution in [-0.4, -0.2) is 24.1 Å². The van der Waals surface area contributed by atoms with E-state index >= 15 is 0 Å². The summed E-state index contributed by atoms with van der Waals surface area (Å²) in [5.74, 6) is 0.645. The zero-order chi connectivity index (χ0) is 14.7. The molecule has 1 saturated heterocycles. The Morgan fingerprint density at radius 2 is 2.14 bits per heavy atom. The number of nitrogens with zero attached hydrogens (tertiary/aromatic N) is 1. The van der Waals surface area contributed by atoms with Gasteiger partial charge in [-0.2, -0.15) is 0 Å². The standard InChI is InChI=1S/C16H22N4S/c1-11-14(9-18-20-11)8-17-10-15-12(2)19-16(21-15)13-6-4-3-5-7-13/h3-7,11,14,17-18,20H,8-10H2,1-2H3. The Balaban J connectivity index is 1.60. The highest BCUT2D eigenvalue weighted by molar-refractivity contribution is 7.15. The van der Waals surface area contributed by atoms with Gasteiger partial charge in [0.05, 0.1) is 5.69 Å². The summed E-state index contributed by atoms with van der Waals surface area (Å²) in [6.45, 7) is 7.28. The smallest absolute Gasteiger partial charge is 0.123 e. The Bertz CT molecular complexity index is 581. The van der Waals surface area contributed by atoms with Crippen molar-refractivity contribution in [3.63, 3.8) is 0 Å². The zero-order valence-electron chi connectivity index (χ0n) is 12.5. The highest BCUT2D eigenvalue weighted by Crippen LogP contribution is 2.27. The van der Waals surface area contributed by atoms with E-state index in [9.17, 15) is 0 Å². The molecule has 5 heteroatoms. The molecule has 2 unspecified atom stereocenters. The number of aromatic nitrogens is 1. The minimum absolute atomic E-state index is 0.528. The van der Waals surface area contributed by atoms with Gasteiger partial charge >= 0.3 is 0 Å². The second-order valence-corrected chi connectivity index (χ2v) is 6.68. The lowest BCUT2D eigenvalue weighted by atomic mass is 10.0. The normalized spacial score (nSPS) is 21.8. The summed E-state index contributed by atoms with van der Waals surface area (Å²) in [6.07, 6.45) is 0. The maximum atomic E-state index is 4.70. The maximum Gasteiger partial charge on any atom is 0.123 e. The monoisotopic (exact) mass is 302 g/mol. The molecular weight excluding hydrogens is 280 g/mol. The second-order valence-electron chi connectivity index (χ2n) is 5.60. The van der Waals surface area contributed by atoms with E-state index in [-0.39, 0.29) is 0 Å². The average Bonchev–Trinajstić information content (AvgIpc) is 3.07. The van der Waals surface area contributed by atoms with E-state index in [1.54, 1.807) is 11.3 Å². The quantitative estimate of drug-likeness (QED) is 0.793. The zero-order valence-corrected chi connectivity index (χ0v) is 13.3. The molecule has 21 heavy (non-hydrogen) atoms. The third-order valence-corrected chi connectivity index (χ3v) is 5.21. The van der Waals surface area contributed by atoms with Crippen LogP contribution in [0.1, 0.15) is 17.5 Å². The molecule has 112 valence electrons. The molecule has 4 nitrogen and oxygen atoms in total. The van der Waals surface area contributed by atoms with Gasteiger partial charge in [0.1, 0.15) is 5.01 Å². The third kappa shape index (κ3) is 3.49. The van der Waals surface area contributed by atoms with E-state index in [0.29, 0.717) is 12.0 Å². The van der Waals surface area contributed by atoms with E-state index in [1.165, 1.54) is 10.4 Å². The van der Waals surface area contributed by atoms with Crippen LogP contribution in [-0.2, 0) is 6.54 Å². The Hall–Kier alpha value is -1.27. The molecule has 1 aromatic carbocycles. The van der Waals surface area contributed by atoms with Crippen molar-refractivity contribution in [2.75, 3.05) is 13.1 Å². The number of thiazole rings is 1. The van der Waals surface area contributed by atoms with Gasteiger partial charge in [0.25, 0.3) is 0 Å². The number of hydrogen-bond donors (Lipinski definition) is 3. The van der Waals surface area contributed by atoms with Crippen LogP contribution < -0.4 is 16.2 Å². The highest BCUT2D eigenvalue weighted by atomic mass is 32.1. The Morgan fingerprint density at radius 3 is 2.86 bits per heavy atom. The van der Waals surface area contributed by atoms with Gasteiger partial charge in [-0.3, -0.25) is 10.9 Å². The van der Waals surface area contributed by atoms with Crippen molar-refractivity contribution in [1.82, 2.24) is 21.2 Å². The first-order valence-corrected chi connectivity index (χ1v) is 8.26. The van der Waals surface area contributed by atoms with Crippen LogP contribution in [0.3, 0.4) is 0 Å². The number of aryl methyl sites for hydroxylation is 1. The van der Waals surface area contributed by atoms with Gasteiger partial charge in [0.15, 0.2) is 0 Å². The summed E-state index contributed by atoms with van der Waals surface area (Å²) in [4.78, 5) is 6.03. The Kier molecular flexibility index (Phi) is 4.65. The Labute approximate surface area is 130 Å². The van der Waals surface area contributed by atoms with Crippen LogP contribution in [0.4, 0.5) is 0 Å². The first-order valence-electron chi connectivity index (χ1n) is 7.45. The van der Waals surface area contributed by atoms with Crippen molar-refractivity contribution < 1.29 is 0 Å². The summed E-state index contributed by atoms with van der Waals surface area (Å²) in [6, 6.07) is 10.9. The summed E-state index contributed by atoms with van der Waals surface area (Å²) in [7, 11) is 0. The third-order valence-electron chi connectivity index (χ3n) is 4.01. The Morgan fingerprint density at radius 1 is 1.33 bits per heavy atom. The van der Waals surface area contributed by atoms with Crippen LogP contribution in [0.5, 0.6) is 0 Å². The summed E-state index contributed by atoms with van der Waals surface area (Å²) < 4.78 is 0. The number of benzene rings is 1. The van der Waals surface area contributed by atoms with Gasteiger partial charge in [-0.25, -0.2) is 4.98 Å². The molecule has 1 fully saturated rings. The van der Waals surface area contributed by atoms with Gasteiger partial charge < -0.3 is 5.32 Å². The molecule has 3 N–H and O–H groups in total. The highest BCUT2D eigenvalue weighted by Gasteiger charge is 2.22. The predicted molar refractivity (Wildman–Crippen MR) is 88.1 cm³/mol. The minimum atomic E-state index is 0.528. The predicted octanol–water partition coefficient (Wildman–Crippen LogP) is 2.32. The molecular formula is C16H22N4S. The number of hydrazine groups is 1. The van der Waals surface area contributed by atoms with Crippen LogP contribution in [0.2, 0.25) is 0 Å². The van der Waals surface area contributed by atoms with Gasteiger partial charge in [-0.1, -0.05) is 30.3 Å². The molecule has 0 bridgehead atoms. The lowest BCUT2D eigenvalue weighted by Gasteiger charge is -2.14. The van der Waals surface area contributed by atoms with Gasteiger partial charge in [-0.15, -0.1) is 11.3 Å². The molecule has 0 amide bonds. The van der Waals surface area contributed by atoms with Crippen molar-refractivity contribution in [2.24, 2.45) is 5.92 Å². The van der Waals surface area contributed by atoms with Crippen molar-refractivity contribution >= 4 is 11.3 Å². The van der Waals surface area contributed by atoms with Crippen LogP contribution in [0, 0.1) is 12.8 Å². The van der Waals surface area contributed by atoms with Crippen LogP contribution >= 0.6 is 11.3 Å². The lowest BCUT2D eigenvalue weighted by molar-refractivity contribution is 0.454. The molecule has 2 atom stereocenters. The summed E-state index contributed by atoms with van der Waals surface area (Å²) in [5, 5.41) is 4.68. The molecule has 3 rings (SSSR count). The molecule has 0 radical (unpaired) electrons. The van der Waals surface area contributed by atoms with E-state index in [4.69, 9.17) is 4.98 Å².